The van der Waals surface area contributed by atoms with Crippen LogP contribution in [0.2, 0.25) is 0 Å². The van der Waals surface area contributed by atoms with Crippen LogP contribution in [0.1, 0.15) is 0 Å². The molecular weight excluding hydrogens is 132 g/mol. The molecule has 3 heteroatoms. The van der Waals surface area contributed by atoms with Crippen molar-refractivity contribution in [2.45, 2.75) is 0 Å². The zero-order chi connectivity index (χ0) is 7.56. The van der Waals surface area contributed by atoms with E-state index in [0.717, 1.165) is 6.08 Å². The minimum Gasteiger partial charge on any atom is -0.478 e. The third-order valence-corrected chi connectivity index (χ3v) is 1.05. The van der Waals surface area contributed by atoms with Gasteiger partial charge in [-0.25, -0.2) is 4.79 Å². The van der Waals surface area contributed by atoms with E-state index in [4.69, 9.17) is 5.11 Å². The molecule has 0 aromatic heterocycles. The molecular formula is C7H4O3. The van der Waals surface area contributed by atoms with E-state index in [1.165, 1.54) is 12.2 Å². The van der Waals surface area contributed by atoms with Gasteiger partial charge in [0.05, 0.1) is 0 Å². The van der Waals surface area contributed by atoms with E-state index in [9.17, 15) is 9.59 Å². The van der Waals surface area contributed by atoms with Gasteiger partial charge in [0.1, 0.15) is 5.57 Å². The van der Waals surface area contributed by atoms with Crippen LogP contribution < -0.4 is 0 Å². The molecule has 50 valence electrons. The first-order valence-electron chi connectivity index (χ1n) is 2.62. The van der Waals surface area contributed by atoms with Gasteiger partial charge in [0.15, 0.2) is 5.78 Å². The highest BCUT2D eigenvalue weighted by atomic mass is 16.4. The van der Waals surface area contributed by atoms with Crippen LogP contribution >= 0.6 is 0 Å². The Kier molecular flexibility index (Phi) is 1.67. The molecule has 1 aliphatic carbocycles. The third-order valence-electron chi connectivity index (χ3n) is 1.05. The van der Waals surface area contributed by atoms with Crippen molar-refractivity contribution in [1.29, 1.82) is 0 Å². The Bertz CT molecular complexity index is 235. The maximum Gasteiger partial charge on any atom is 0.339 e. The number of hydrogen-bond acceptors (Lipinski definition) is 2. The molecule has 1 rings (SSSR count). The molecule has 0 unspecified atom stereocenters. The van der Waals surface area contributed by atoms with E-state index in [2.05, 4.69) is 6.42 Å². The quantitative estimate of drug-likeness (QED) is 0.524. The van der Waals surface area contributed by atoms with Crippen molar-refractivity contribution >= 4 is 11.8 Å². The minimum absolute atomic E-state index is 0.234. The van der Waals surface area contributed by atoms with Crippen molar-refractivity contribution in [3.63, 3.8) is 0 Å². The molecule has 10 heavy (non-hydrogen) atoms. The molecule has 0 aromatic rings. The lowest BCUT2D eigenvalue weighted by molar-refractivity contribution is -0.134. The van der Waals surface area contributed by atoms with E-state index in [1.54, 1.807) is 0 Å². The van der Waals surface area contributed by atoms with Crippen LogP contribution in [-0.2, 0) is 9.59 Å². The lowest BCUT2D eigenvalue weighted by Gasteiger charge is -1.98. The summed E-state index contributed by atoms with van der Waals surface area (Å²) in [6.07, 6.45) is 6.21. The summed E-state index contributed by atoms with van der Waals surface area (Å²) < 4.78 is 0. The smallest absolute Gasteiger partial charge is 0.339 e. The number of allylic oxidation sites excluding steroid dienone is 3. The molecule has 0 heterocycles. The number of rotatable bonds is 1. The third kappa shape index (κ3) is 1.13. The lowest BCUT2D eigenvalue weighted by Crippen LogP contribution is -2.11. The average Bonchev–Trinajstić information content (AvgIpc) is 1.88. The van der Waals surface area contributed by atoms with Crippen LogP contribution in [0.15, 0.2) is 23.8 Å². The maximum absolute atomic E-state index is 10.7. The molecule has 0 amide bonds. The van der Waals surface area contributed by atoms with E-state index >= 15 is 0 Å². The fraction of sp³-hybridized carbons (Fsp3) is 0. The zero-order valence-electron chi connectivity index (χ0n) is 5.00. The summed E-state index contributed by atoms with van der Waals surface area (Å²) in [4.78, 5) is 20.9. The molecule has 0 saturated heterocycles. The van der Waals surface area contributed by atoms with Gasteiger partial charge in [0, 0.05) is 6.42 Å². The number of ketones is 1. The fourth-order valence-electron chi connectivity index (χ4n) is 0.583. The van der Waals surface area contributed by atoms with E-state index < -0.39 is 11.8 Å². The Morgan fingerprint density at radius 3 is 2.70 bits per heavy atom. The molecule has 0 bridgehead atoms. The van der Waals surface area contributed by atoms with Gasteiger partial charge in [-0.1, -0.05) is 12.2 Å². The van der Waals surface area contributed by atoms with Crippen molar-refractivity contribution in [1.82, 2.24) is 0 Å². The van der Waals surface area contributed by atoms with Crippen LogP contribution in [-0.4, -0.2) is 16.9 Å². The van der Waals surface area contributed by atoms with Gasteiger partial charge in [0.2, 0.25) is 0 Å². The molecule has 0 saturated carbocycles. The van der Waals surface area contributed by atoms with Gasteiger partial charge in [0.25, 0.3) is 0 Å². The number of aliphatic carboxylic acids is 1. The van der Waals surface area contributed by atoms with Gasteiger partial charge in [-0.05, 0) is 6.08 Å². The Morgan fingerprint density at radius 1 is 1.60 bits per heavy atom. The van der Waals surface area contributed by atoms with Gasteiger partial charge in [-0.3, -0.25) is 4.79 Å². The van der Waals surface area contributed by atoms with Gasteiger partial charge in [-0.15, -0.1) is 0 Å². The van der Waals surface area contributed by atoms with Gasteiger partial charge in [-0.2, -0.15) is 0 Å². The SMILES string of the molecule is O=C(O)C1=C[C]C=CC1=O. The lowest BCUT2D eigenvalue weighted by atomic mass is 10.1. The standard InChI is InChI=1S/C7H4O3/c8-6-4-2-1-3-5(6)7(9)10/h2-4H,(H,9,10). The van der Waals surface area contributed by atoms with Crippen molar-refractivity contribution < 1.29 is 14.7 Å². The molecule has 1 aliphatic rings. The first-order valence-corrected chi connectivity index (χ1v) is 2.62. The van der Waals surface area contributed by atoms with E-state index in [-0.39, 0.29) is 5.57 Å². The van der Waals surface area contributed by atoms with Crippen LogP contribution in [0.4, 0.5) is 0 Å². The summed E-state index contributed by atoms with van der Waals surface area (Å²) in [6, 6.07) is 0. The second-order valence-corrected chi connectivity index (χ2v) is 1.73. The van der Waals surface area contributed by atoms with Gasteiger partial charge >= 0.3 is 5.97 Å². The average molecular weight is 136 g/mol. The Hall–Kier alpha value is -1.38. The first kappa shape index (κ1) is 6.74. The molecule has 0 fully saturated rings. The molecule has 0 atom stereocenters. The van der Waals surface area contributed by atoms with Gasteiger partial charge < -0.3 is 5.11 Å². The highest BCUT2D eigenvalue weighted by Gasteiger charge is 2.15. The predicted molar refractivity (Wildman–Crippen MR) is 33.1 cm³/mol. The summed E-state index contributed by atoms with van der Waals surface area (Å²) in [6.45, 7) is 0. The molecule has 1 N–H and O–H groups in total. The van der Waals surface area contributed by atoms with Crippen LogP contribution in [0, 0.1) is 6.42 Å². The summed E-state index contributed by atoms with van der Waals surface area (Å²) in [7, 11) is 0. The normalized spacial score (nSPS) is 16.8. The number of carboxylic acid groups (broad SMARTS) is 1. The number of carboxylic acids is 1. The number of carbonyl (C=O) groups is 2. The number of hydrogen-bond donors (Lipinski definition) is 1. The monoisotopic (exact) mass is 136 g/mol. The molecule has 3 nitrogen and oxygen atoms in total. The Morgan fingerprint density at radius 2 is 2.30 bits per heavy atom. The molecule has 0 aliphatic heterocycles. The molecule has 0 aromatic carbocycles. The van der Waals surface area contributed by atoms with Crippen LogP contribution in [0.25, 0.3) is 0 Å². The topological polar surface area (TPSA) is 54.4 Å². The van der Waals surface area contributed by atoms with Crippen LogP contribution in [0.3, 0.4) is 0 Å². The Balaban J connectivity index is 2.86. The van der Waals surface area contributed by atoms with Crippen molar-refractivity contribution in [2.24, 2.45) is 0 Å². The van der Waals surface area contributed by atoms with Crippen molar-refractivity contribution in [3.05, 3.63) is 30.2 Å². The largest absolute Gasteiger partial charge is 0.478 e. The van der Waals surface area contributed by atoms with E-state index in [1.807, 2.05) is 0 Å². The zero-order valence-corrected chi connectivity index (χ0v) is 5.00. The predicted octanol–water partition coefficient (Wildman–Crippen LogP) is 0.218. The fourth-order valence-corrected chi connectivity index (χ4v) is 0.583. The maximum atomic E-state index is 10.7. The summed E-state index contributed by atoms with van der Waals surface area (Å²) in [5, 5.41) is 8.35. The Labute approximate surface area is 57.7 Å². The summed E-state index contributed by atoms with van der Waals surface area (Å²) in [5.74, 6) is -1.69. The van der Waals surface area contributed by atoms with Crippen LogP contribution in [0.5, 0.6) is 0 Å². The second kappa shape index (κ2) is 2.47. The van der Waals surface area contributed by atoms with Crippen molar-refractivity contribution in [2.75, 3.05) is 0 Å². The number of carbonyl (C=O) groups excluding carboxylic acids is 1. The highest BCUT2D eigenvalue weighted by molar-refractivity contribution is 6.22. The molecule has 2 radical (unpaired) electrons. The molecule has 0 spiro atoms. The second-order valence-electron chi connectivity index (χ2n) is 1.73. The minimum atomic E-state index is -1.21. The van der Waals surface area contributed by atoms with E-state index in [0.29, 0.717) is 0 Å². The van der Waals surface area contributed by atoms with Crippen molar-refractivity contribution in [3.8, 4) is 0 Å². The highest BCUT2D eigenvalue weighted by Crippen LogP contribution is 2.05. The first-order chi connectivity index (χ1) is 4.72. The summed E-state index contributed by atoms with van der Waals surface area (Å²) >= 11 is 0. The summed E-state index contributed by atoms with van der Waals surface area (Å²) in [5.41, 5.74) is -0.234.